The molecule has 1 aromatic heterocycles. The number of aromatic nitrogens is 4. The third-order valence-electron chi connectivity index (χ3n) is 2.95. The number of carboxylic acid groups (broad SMARTS) is 1. The summed E-state index contributed by atoms with van der Waals surface area (Å²) < 4.78 is 1.65. The number of benzene rings is 1. The van der Waals surface area contributed by atoms with E-state index in [9.17, 15) is 4.79 Å². The Hall–Kier alpha value is -2.28. The molecule has 1 N–H and O–H groups in total. The van der Waals surface area contributed by atoms with E-state index in [-0.39, 0.29) is 0 Å². The average Bonchev–Trinajstić information content (AvgIpc) is 2.87. The lowest BCUT2D eigenvalue weighted by molar-refractivity contribution is -0.141. The van der Waals surface area contributed by atoms with Crippen LogP contribution in [0.1, 0.15) is 12.7 Å². The molecule has 1 heterocycles. The Balaban J connectivity index is 2.08. The summed E-state index contributed by atoms with van der Waals surface area (Å²) in [4.78, 5) is 12.7. The number of rotatable bonds is 6. The molecule has 2 rings (SSSR count). The highest BCUT2D eigenvalue weighted by Crippen LogP contribution is 2.09. The van der Waals surface area contributed by atoms with Crippen LogP contribution in [0.25, 0.3) is 5.69 Å². The van der Waals surface area contributed by atoms with Gasteiger partial charge < -0.3 is 5.11 Å². The summed E-state index contributed by atoms with van der Waals surface area (Å²) in [5.41, 5.74) is 0.882. The summed E-state index contributed by atoms with van der Waals surface area (Å²) in [6, 6.07) is 9.59. The van der Waals surface area contributed by atoms with E-state index in [0.717, 1.165) is 5.69 Å². The zero-order valence-corrected chi connectivity index (χ0v) is 11.5. The van der Waals surface area contributed by atoms with Gasteiger partial charge in [-0.15, -0.1) is 5.10 Å². The van der Waals surface area contributed by atoms with E-state index in [1.165, 1.54) is 0 Å². The van der Waals surface area contributed by atoms with Crippen LogP contribution in [0, 0.1) is 5.92 Å². The number of tetrazole rings is 1. The molecule has 0 amide bonds. The van der Waals surface area contributed by atoms with Crippen LogP contribution in [-0.4, -0.2) is 49.8 Å². The number of hydrogen-bond donors (Lipinski definition) is 1. The third-order valence-corrected chi connectivity index (χ3v) is 2.95. The lowest BCUT2D eigenvalue weighted by Gasteiger charge is -2.18. The number of carboxylic acids is 1. The normalized spacial score (nSPS) is 12.6. The van der Waals surface area contributed by atoms with Crippen molar-refractivity contribution >= 4 is 5.97 Å². The first kappa shape index (κ1) is 14.1. The Morgan fingerprint density at radius 3 is 2.75 bits per heavy atom. The molecule has 106 valence electrons. The van der Waals surface area contributed by atoms with Crippen molar-refractivity contribution in [1.82, 2.24) is 25.1 Å². The third kappa shape index (κ3) is 3.39. The van der Waals surface area contributed by atoms with E-state index in [1.54, 1.807) is 11.6 Å². The van der Waals surface area contributed by atoms with E-state index < -0.39 is 11.9 Å². The topological polar surface area (TPSA) is 84.1 Å². The van der Waals surface area contributed by atoms with Gasteiger partial charge in [0.1, 0.15) is 0 Å². The molecule has 0 bridgehead atoms. The Morgan fingerprint density at radius 2 is 2.10 bits per heavy atom. The van der Waals surface area contributed by atoms with Gasteiger partial charge in [0.15, 0.2) is 5.82 Å². The molecule has 1 aromatic carbocycles. The maximum absolute atomic E-state index is 10.9. The molecule has 0 aliphatic heterocycles. The van der Waals surface area contributed by atoms with Crippen molar-refractivity contribution in [3.63, 3.8) is 0 Å². The fourth-order valence-electron chi connectivity index (χ4n) is 1.93. The van der Waals surface area contributed by atoms with E-state index in [4.69, 9.17) is 5.11 Å². The maximum atomic E-state index is 10.9. The van der Waals surface area contributed by atoms with Crippen molar-refractivity contribution in [3.8, 4) is 5.69 Å². The van der Waals surface area contributed by atoms with E-state index >= 15 is 0 Å². The monoisotopic (exact) mass is 275 g/mol. The molecule has 0 aliphatic rings. The minimum Gasteiger partial charge on any atom is -0.481 e. The lowest BCUT2D eigenvalue weighted by atomic mass is 10.2. The number of nitrogens with zero attached hydrogens (tertiary/aromatic N) is 5. The highest BCUT2D eigenvalue weighted by Gasteiger charge is 2.16. The van der Waals surface area contributed by atoms with Crippen molar-refractivity contribution in [1.29, 1.82) is 0 Å². The van der Waals surface area contributed by atoms with Gasteiger partial charge in [-0.25, -0.2) is 0 Å². The van der Waals surface area contributed by atoms with Crippen molar-refractivity contribution < 1.29 is 9.90 Å². The number of aliphatic carboxylic acids is 1. The quantitative estimate of drug-likeness (QED) is 0.840. The molecule has 0 aliphatic carbocycles. The van der Waals surface area contributed by atoms with Crippen LogP contribution in [0.3, 0.4) is 0 Å². The van der Waals surface area contributed by atoms with Gasteiger partial charge in [-0.05, 0) is 29.6 Å². The summed E-state index contributed by atoms with van der Waals surface area (Å²) in [5.74, 6) is -0.558. The molecule has 0 saturated carbocycles. The number of para-hydroxylation sites is 1. The van der Waals surface area contributed by atoms with Crippen LogP contribution < -0.4 is 0 Å². The van der Waals surface area contributed by atoms with E-state index in [2.05, 4.69) is 15.5 Å². The standard InChI is InChI=1S/C13H17N5O2/c1-10(13(19)20)8-17(2)9-12-14-15-16-18(12)11-6-4-3-5-7-11/h3-7,10H,8-9H2,1-2H3,(H,19,20). The highest BCUT2D eigenvalue weighted by atomic mass is 16.4. The van der Waals surface area contributed by atoms with Crippen LogP contribution >= 0.6 is 0 Å². The fraction of sp³-hybridized carbons (Fsp3) is 0.385. The van der Waals surface area contributed by atoms with Crippen LogP contribution in [0.2, 0.25) is 0 Å². The van der Waals surface area contributed by atoms with Crippen LogP contribution in [-0.2, 0) is 11.3 Å². The summed E-state index contributed by atoms with van der Waals surface area (Å²) >= 11 is 0. The zero-order chi connectivity index (χ0) is 14.5. The SMILES string of the molecule is CC(CN(C)Cc1nnnn1-c1ccccc1)C(=O)O. The first-order valence-corrected chi connectivity index (χ1v) is 6.32. The van der Waals surface area contributed by atoms with E-state index in [1.807, 2.05) is 42.3 Å². The molecule has 2 aromatic rings. The van der Waals surface area contributed by atoms with Gasteiger partial charge in [-0.1, -0.05) is 25.1 Å². The Labute approximate surface area is 116 Å². The summed E-state index contributed by atoms with van der Waals surface area (Å²) in [7, 11) is 1.85. The second-order valence-corrected chi connectivity index (χ2v) is 4.78. The Morgan fingerprint density at radius 1 is 1.40 bits per heavy atom. The molecule has 0 fully saturated rings. The Bertz CT molecular complexity index is 569. The van der Waals surface area contributed by atoms with Crippen molar-refractivity contribution in [3.05, 3.63) is 36.2 Å². The molecule has 0 radical (unpaired) electrons. The van der Waals surface area contributed by atoms with Crippen molar-refractivity contribution in [2.75, 3.05) is 13.6 Å². The minimum atomic E-state index is -0.806. The van der Waals surface area contributed by atoms with Crippen LogP contribution in [0.4, 0.5) is 0 Å². The molecular formula is C13H17N5O2. The predicted molar refractivity (Wildman–Crippen MR) is 72.3 cm³/mol. The fourth-order valence-corrected chi connectivity index (χ4v) is 1.93. The molecule has 1 unspecified atom stereocenters. The van der Waals surface area contributed by atoms with Crippen LogP contribution in [0.5, 0.6) is 0 Å². The van der Waals surface area contributed by atoms with Gasteiger partial charge in [0.2, 0.25) is 0 Å². The molecule has 7 heteroatoms. The van der Waals surface area contributed by atoms with Gasteiger partial charge >= 0.3 is 5.97 Å². The molecule has 0 spiro atoms. The summed E-state index contributed by atoms with van der Waals surface area (Å²) in [5, 5.41) is 20.6. The average molecular weight is 275 g/mol. The van der Waals surface area contributed by atoms with Crippen molar-refractivity contribution in [2.45, 2.75) is 13.5 Å². The first-order chi connectivity index (χ1) is 9.58. The van der Waals surface area contributed by atoms with Crippen molar-refractivity contribution in [2.24, 2.45) is 5.92 Å². The Kier molecular flexibility index (Phi) is 4.41. The minimum absolute atomic E-state index is 0.430. The van der Waals surface area contributed by atoms with Gasteiger partial charge in [0.25, 0.3) is 0 Å². The van der Waals surface area contributed by atoms with Crippen LogP contribution in [0.15, 0.2) is 30.3 Å². The first-order valence-electron chi connectivity index (χ1n) is 6.32. The van der Waals surface area contributed by atoms with Gasteiger partial charge in [-0.2, -0.15) is 4.68 Å². The molecular weight excluding hydrogens is 258 g/mol. The molecule has 0 saturated heterocycles. The van der Waals surface area contributed by atoms with E-state index in [0.29, 0.717) is 18.9 Å². The largest absolute Gasteiger partial charge is 0.481 e. The second kappa shape index (κ2) is 6.25. The molecule has 20 heavy (non-hydrogen) atoms. The predicted octanol–water partition coefficient (Wildman–Crippen LogP) is 0.815. The number of carbonyl (C=O) groups is 1. The lowest BCUT2D eigenvalue weighted by Crippen LogP contribution is -2.29. The maximum Gasteiger partial charge on any atom is 0.307 e. The smallest absolute Gasteiger partial charge is 0.307 e. The zero-order valence-electron chi connectivity index (χ0n) is 11.5. The van der Waals surface area contributed by atoms with Gasteiger partial charge in [0, 0.05) is 6.54 Å². The van der Waals surface area contributed by atoms with Gasteiger partial charge in [-0.3, -0.25) is 9.69 Å². The summed E-state index contributed by atoms with van der Waals surface area (Å²) in [6.45, 7) is 2.61. The summed E-state index contributed by atoms with van der Waals surface area (Å²) in [6.07, 6.45) is 0. The second-order valence-electron chi connectivity index (χ2n) is 4.78. The number of hydrogen-bond acceptors (Lipinski definition) is 5. The molecule has 7 nitrogen and oxygen atoms in total. The van der Waals surface area contributed by atoms with Gasteiger partial charge in [0.05, 0.1) is 18.2 Å². The highest BCUT2D eigenvalue weighted by molar-refractivity contribution is 5.69. The molecule has 1 atom stereocenters.